The van der Waals surface area contributed by atoms with Gasteiger partial charge in [-0.25, -0.2) is 0 Å². The van der Waals surface area contributed by atoms with Crippen LogP contribution in [-0.2, 0) is 17.8 Å². The van der Waals surface area contributed by atoms with E-state index in [-0.39, 0.29) is 36.4 Å². The van der Waals surface area contributed by atoms with Gasteiger partial charge in [-0.2, -0.15) is 0 Å². The minimum atomic E-state index is -0.108. The van der Waals surface area contributed by atoms with Crippen molar-refractivity contribution in [2.45, 2.75) is 19.9 Å². The lowest BCUT2D eigenvalue weighted by atomic mass is 10.3. The van der Waals surface area contributed by atoms with Crippen molar-refractivity contribution in [1.29, 1.82) is 0 Å². The maximum Gasteiger partial charge on any atom is 0.243 e. The fourth-order valence-corrected chi connectivity index (χ4v) is 2.89. The summed E-state index contributed by atoms with van der Waals surface area (Å²) in [5.41, 5.74) is 0.785. The highest BCUT2D eigenvalue weighted by Crippen LogP contribution is 2.16. The van der Waals surface area contributed by atoms with E-state index in [9.17, 15) is 4.79 Å². The second kappa shape index (κ2) is 11.0. The van der Waals surface area contributed by atoms with E-state index in [2.05, 4.69) is 40.0 Å². The standard InChI is InChI=1S/C17H22N4OS.HI/c1-3-14-9-10-15(23-14)11-19-17(18-2)20-12-16(22)21-13-7-5-4-6-8-13;/h4-10H,3,11-12H2,1-2H3,(H,21,22)(H2,18,19,20);1H. The fourth-order valence-electron chi connectivity index (χ4n) is 1.99. The van der Waals surface area contributed by atoms with Gasteiger partial charge in [0.1, 0.15) is 0 Å². The molecule has 0 spiro atoms. The molecule has 1 amide bonds. The zero-order valence-corrected chi connectivity index (χ0v) is 17.0. The van der Waals surface area contributed by atoms with E-state index in [1.165, 1.54) is 9.75 Å². The number of guanidine groups is 1. The SMILES string of the molecule is CCc1ccc(CNC(=NC)NCC(=O)Nc2ccccc2)s1.I. The average Bonchev–Trinajstić information content (AvgIpc) is 3.04. The van der Waals surface area contributed by atoms with Gasteiger partial charge in [-0.15, -0.1) is 35.3 Å². The van der Waals surface area contributed by atoms with Gasteiger partial charge in [-0.05, 0) is 30.7 Å². The molecule has 0 radical (unpaired) electrons. The van der Waals surface area contributed by atoms with Crippen LogP contribution in [0.5, 0.6) is 0 Å². The highest BCUT2D eigenvalue weighted by Gasteiger charge is 2.05. The van der Waals surface area contributed by atoms with Gasteiger partial charge in [0.25, 0.3) is 0 Å². The zero-order chi connectivity index (χ0) is 16.5. The number of aliphatic imine (C=N–C) groups is 1. The van der Waals surface area contributed by atoms with Crippen LogP contribution in [-0.4, -0.2) is 25.5 Å². The maximum atomic E-state index is 11.9. The number of aryl methyl sites for hydroxylation is 1. The van der Waals surface area contributed by atoms with Crippen LogP contribution in [0, 0.1) is 0 Å². The Bertz CT molecular complexity index is 658. The number of benzene rings is 1. The first kappa shape index (κ1) is 20.4. The molecule has 0 bridgehead atoms. The molecule has 0 fully saturated rings. The van der Waals surface area contributed by atoms with Gasteiger partial charge in [0, 0.05) is 22.5 Å². The monoisotopic (exact) mass is 458 g/mol. The second-order valence-electron chi connectivity index (χ2n) is 4.92. The topological polar surface area (TPSA) is 65.5 Å². The first-order valence-electron chi connectivity index (χ1n) is 7.58. The zero-order valence-electron chi connectivity index (χ0n) is 13.8. The van der Waals surface area contributed by atoms with Crippen molar-refractivity contribution in [3.05, 3.63) is 52.2 Å². The summed E-state index contributed by atoms with van der Waals surface area (Å²) >= 11 is 1.79. The fraction of sp³-hybridized carbons (Fsp3) is 0.294. The normalized spacial score (nSPS) is 10.7. The number of nitrogens with one attached hydrogen (secondary N) is 3. The number of carbonyl (C=O) groups is 1. The third kappa shape index (κ3) is 6.88. The number of thiophene rings is 1. The highest BCUT2D eigenvalue weighted by atomic mass is 127. The van der Waals surface area contributed by atoms with Crippen molar-refractivity contribution in [1.82, 2.24) is 10.6 Å². The van der Waals surface area contributed by atoms with Crippen LogP contribution in [0.1, 0.15) is 16.7 Å². The number of hydrogen-bond donors (Lipinski definition) is 3. The van der Waals surface area contributed by atoms with Crippen LogP contribution in [0.15, 0.2) is 47.5 Å². The van der Waals surface area contributed by atoms with E-state index in [4.69, 9.17) is 0 Å². The number of para-hydroxylation sites is 1. The smallest absolute Gasteiger partial charge is 0.243 e. The number of rotatable bonds is 6. The Labute approximate surface area is 164 Å². The van der Waals surface area contributed by atoms with Gasteiger partial charge in [0.2, 0.25) is 5.91 Å². The van der Waals surface area contributed by atoms with E-state index >= 15 is 0 Å². The summed E-state index contributed by atoms with van der Waals surface area (Å²) in [5.74, 6) is 0.503. The van der Waals surface area contributed by atoms with E-state index in [0.717, 1.165) is 12.1 Å². The lowest BCUT2D eigenvalue weighted by Gasteiger charge is -2.11. The number of amides is 1. The Morgan fingerprint density at radius 1 is 1.08 bits per heavy atom. The molecule has 3 N–H and O–H groups in total. The molecule has 0 atom stereocenters. The summed E-state index contributed by atoms with van der Waals surface area (Å²) < 4.78 is 0. The molecular formula is C17H23IN4OS. The third-order valence-corrected chi connectivity index (χ3v) is 4.42. The Hall–Kier alpha value is -1.61. The number of hydrogen-bond acceptors (Lipinski definition) is 3. The Balaban J connectivity index is 0.00000288. The first-order valence-corrected chi connectivity index (χ1v) is 8.40. The predicted octanol–water partition coefficient (Wildman–Crippen LogP) is 3.23. The summed E-state index contributed by atoms with van der Waals surface area (Å²) in [4.78, 5) is 18.6. The van der Waals surface area contributed by atoms with Crippen molar-refractivity contribution in [3.63, 3.8) is 0 Å². The molecule has 7 heteroatoms. The maximum absolute atomic E-state index is 11.9. The lowest BCUT2D eigenvalue weighted by molar-refractivity contribution is -0.115. The van der Waals surface area contributed by atoms with Crippen LogP contribution < -0.4 is 16.0 Å². The van der Waals surface area contributed by atoms with Crippen molar-refractivity contribution >= 4 is 52.9 Å². The van der Waals surface area contributed by atoms with Crippen molar-refractivity contribution in [2.24, 2.45) is 4.99 Å². The largest absolute Gasteiger partial charge is 0.352 e. The molecule has 2 aromatic rings. The molecule has 130 valence electrons. The van der Waals surface area contributed by atoms with Crippen molar-refractivity contribution in [3.8, 4) is 0 Å². The number of halogens is 1. The molecule has 0 aliphatic heterocycles. The molecule has 24 heavy (non-hydrogen) atoms. The van der Waals surface area contributed by atoms with E-state index in [1.807, 2.05) is 30.3 Å². The molecule has 2 rings (SSSR count). The molecule has 1 aromatic carbocycles. The molecule has 0 saturated carbocycles. The Morgan fingerprint density at radius 2 is 1.79 bits per heavy atom. The van der Waals surface area contributed by atoms with Crippen LogP contribution in [0.2, 0.25) is 0 Å². The van der Waals surface area contributed by atoms with Gasteiger partial charge in [0.15, 0.2) is 5.96 Å². The lowest BCUT2D eigenvalue weighted by Crippen LogP contribution is -2.40. The van der Waals surface area contributed by atoms with Crippen LogP contribution >= 0.6 is 35.3 Å². The van der Waals surface area contributed by atoms with Gasteiger partial charge in [-0.1, -0.05) is 25.1 Å². The van der Waals surface area contributed by atoms with Gasteiger partial charge >= 0.3 is 0 Å². The highest BCUT2D eigenvalue weighted by molar-refractivity contribution is 14.0. The molecule has 1 heterocycles. The summed E-state index contributed by atoms with van der Waals surface area (Å²) in [6, 6.07) is 13.6. The number of nitrogens with zero attached hydrogens (tertiary/aromatic N) is 1. The quantitative estimate of drug-likeness (QED) is 0.354. The van der Waals surface area contributed by atoms with E-state index < -0.39 is 0 Å². The van der Waals surface area contributed by atoms with Crippen LogP contribution in [0.3, 0.4) is 0 Å². The minimum Gasteiger partial charge on any atom is -0.352 e. The first-order chi connectivity index (χ1) is 11.2. The van der Waals surface area contributed by atoms with Crippen molar-refractivity contribution in [2.75, 3.05) is 18.9 Å². The molecule has 5 nitrogen and oxygen atoms in total. The van der Waals surface area contributed by atoms with E-state index in [0.29, 0.717) is 12.5 Å². The van der Waals surface area contributed by atoms with Crippen LogP contribution in [0.4, 0.5) is 5.69 Å². The van der Waals surface area contributed by atoms with Crippen LogP contribution in [0.25, 0.3) is 0 Å². The number of carbonyl (C=O) groups excluding carboxylic acids is 1. The third-order valence-electron chi connectivity index (χ3n) is 3.19. The Morgan fingerprint density at radius 3 is 2.42 bits per heavy atom. The van der Waals surface area contributed by atoms with Crippen molar-refractivity contribution < 1.29 is 4.79 Å². The molecular weight excluding hydrogens is 435 g/mol. The molecule has 0 unspecified atom stereocenters. The summed E-state index contributed by atoms with van der Waals surface area (Å²) in [5, 5.41) is 9.05. The van der Waals surface area contributed by atoms with Gasteiger partial charge in [-0.3, -0.25) is 9.79 Å². The average molecular weight is 458 g/mol. The summed E-state index contributed by atoms with van der Waals surface area (Å²) in [6.45, 7) is 3.01. The molecule has 0 saturated heterocycles. The Kier molecular flexibility index (Phi) is 9.39. The van der Waals surface area contributed by atoms with E-state index in [1.54, 1.807) is 18.4 Å². The van der Waals surface area contributed by atoms with Gasteiger partial charge in [0.05, 0.1) is 13.1 Å². The second-order valence-corrected chi connectivity index (χ2v) is 6.17. The molecule has 0 aliphatic carbocycles. The summed E-state index contributed by atoms with van der Waals surface area (Å²) in [6.07, 6.45) is 1.05. The number of anilines is 1. The molecule has 1 aromatic heterocycles. The molecule has 0 aliphatic rings. The predicted molar refractivity (Wildman–Crippen MR) is 112 cm³/mol. The minimum absolute atomic E-state index is 0. The summed E-state index contributed by atoms with van der Waals surface area (Å²) in [7, 11) is 1.69. The van der Waals surface area contributed by atoms with Gasteiger partial charge < -0.3 is 16.0 Å².